The number of nitrogens with zero attached hydrogens (tertiary/aromatic N) is 4. The fourth-order valence-electron chi connectivity index (χ4n) is 3.09. The lowest BCUT2D eigenvalue weighted by Gasteiger charge is -2.34. The molecule has 1 atom stereocenters. The number of piperidine rings is 1. The zero-order valence-corrected chi connectivity index (χ0v) is 13.3. The van der Waals surface area contributed by atoms with E-state index in [0.29, 0.717) is 29.9 Å². The van der Waals surface area contributed by atoms with E-state index in [0.717, 1.165) is 25.8 Å². The second kappa shape index (κ2) is 7.50. The molecule has 2 aromatic rings. The highest BCUT2D eigenvalue weighted by atomic mass is 16.6. The predicted molar refractivity (Wildman–Crippen MR) is 86.1 cm³/mol. The topological polar surface area (TPSA) is 106 Å². The summed E-state index contributed by atoms with van der Waals surface area (Å²) >= 11 is 0. The van der Waals surface area contributed by atoms with Crippen LogP contribution in [-0.4, -0.2) is 44.3 Å². The Morgan fingerprint density at radius 3 is 2.83 bits per heavy atom. The van der Waals surface area contributed by atoms with E-state index in [1.165, 1.54) is 18.6 Å². The van der Waals surface area contributed by atoms with Gasteiger partial charge in [0.2, 0.25) is 11.7 Å². The molecule has 128 valence electrons. The third-order valence-corrected chi connectivity index (χ3v) is 4.35. The first-order valence-electron chi connectivity index (χ1n) is 8.09. The summed E-state index contributed by atoms with van der Waals surface area (Å²) in [5.41, 5.74) is 0.712. The standard InChI is InChI=1S/C16H20N4O4/c21-10-8-13-3-1-2-9-19(13)11-15-17-16(18-24-15)12-4-6-14(7-5-12)20(22)23/h4-7,13,21H,1-3,8-11H2. The van der Waals surface area contributed by atoms with Crippen LogP contribution in [0.1, 0.15) is 31.6 Å². The van der Waals surface area contributed by atoms with E-state index >= 15 is 0 Å². The molecule has 1 unspecified atom stereocenters. The molecule has 3 rings (SSSR count). The van der Waals surface area contributed by atoms with Crippen LogP contribution in [0.3, 0.4) is 0 Å². The Kier molecular flexibility index (Phi) is 5.17. The van der Waals surface area contributed by atoms with Crippen molar-refractivity contribution < 1.29 is 14.6 Å². The number of likely N-dealkylation sites (tertiary alicyclic amines) is 1. The summed E-state index contributed by atoms with van der Waals surface area (Å²) in [4.78, 5) is 16.9. The van der Waals surface area contributed by atoms with Gasteiger partial charge < -0.3 is 9.63 Å². The summed E-state index contributed by atoms with van der Waals surface area (Å²) in [5, 5.41) is 23.8. The maximum atomic E-state index is 10.7. The molecule has 0 radical (unpaired) electrons. The molecule has 1 aromatic heterocycles. The van der Waals surface area contributed by atoms with E-state index in [2.05, 4.69) is 15.0 Å². The Bertz CT molecular complexity index is 684. The zero-order valence-electron chi connectivity index (χ0n) is 13.3. The quantitative estimate of drug-likeness (QED) is 0.639. The number of hydrogen-bond acceptors (Lipinski definition) is 7. The highest BCUT2D eigenvalue weighted by molar-refractivity contribution is 5.56. The lowest BCUT2D eigenvalue weighted by atomic mass is 10.00. The van der Waals surface area contributed by atoms with E-state index in [-0.39, 0.29) is 12.3 Å². The van der Waals surface area contributed by atoms with Crippen molar-refractivity contribution in [3.63, 3.8) is 0 Å². The van der Waals surface area contributed by atoms with Gasteiger partial charge in [-0.05, 0) is 37.9 Å². The smallest absolute Gasteiger partial charge is 0.269 e. The van der Waals surface area contributed by atoms with Gasteiger partial charge in [-0.25, -0.2) is 0 Å². The number of aromatic nitrogens is 2. The van der Waals surface area contributed by atoms with Crippen molar-refractivity contribution in [2.45, 2.75) is 38.3 Å². The molecule has 24 heavy (non-hydrogen) atoms. The fraction of sp³-hybridized carbons (Fsp3) is 0.500. The van der Waals surface area contributed by atoms with Gasteiger partial charge >= 0.3 is 0 Å². The van der Waals surface area contributed by atoms with Gasteiger partial charge in [-0.3, -0.25) is 15.0 Å². The number of non-ortho nitro benzene ring substituents is 1. The molecule has 0 aliphatic carbocycles. The minimum absolute atomic E-state index is 0.0302. The molecule has 0 amide bonds. The van der Waals surface area contributed by atoms with Crippen LogP contribution in [0.2, 0.25) is 0 Å². The van der Waals surface area contributed by atoms with Gasteiger partial charge in [-0.1, -0.05) is 11.6 Å². The van der Waals surface area contributed by atoms with Crippen molar-refractivity contribution in [1.82, 2.24) is 15.0 Å². The summed E-state index contributed by atoms with van der Waals surface area (Å²) in [7, 11) is 0. The van der Waals surface area contributed by atoms with Crippen molar-refractivity contribution >= 4 is 5.69 Å². The molecule has 0 bridgehead atoms. The first-order chi connectivity index (χ1) is 11.7. The first kappa shape index (κ1) is 16.5. The minimum Gasteiger partial charge on any atom is -0.396 e. The van der Waals surface area contributed by atoms with Crippen LogP contribution in [0.5, 0.6) is 0 Å². The van der Waals surface area contributed by atoms with Crippen molar-refractivity contribution in [2.75, 3.05) is 13.2 Å². The summed E-state index contributed by atoms with van der Waals surface area (Å²) < 4.78 is 5.33. The molecule has 0 saturated carbocycles. The van der Waals surface area contributed by atoms with E-state index in [4.69, 9.17) is 4.52 Å². The number of aliphatic hydroxyl groups is 1. The van der Waals surface area contributed by atoms with Gasteiger partial charge in [0.15, 0.2) is 0 Å². The van der Waals surface area contributed by atoms with Crippen LogP contribution in [0.15, 0.2) is 28.8 Å². The highest BCUT2D eigenvalue weighted by Crippen LogP contribution is 2.23. The first-order valence-corrected chi connectivity index (χ1v) is 8.09. The Labute approximate surface area is 139 Å². The largest absolute Gasteiger partial charge is 0.396 e. The average molecular weight is 332 g/mol. The zero-order chi connectivity index (χ0) is 16.9. The molecule has 1 fully saturated rings. The Morgan fingerprint density at radius 1 is 1.33 bits per heavy atom. The normalized spacial score (nSPS) is 18.6. The third kappa shape index (κ3) is 3.77. The van der Waals surface area contributed by atoms with Gasteiger partial charge in [-0.2, -0.15) is 4.98 Å². The van der Waals surface area contributed by atoms with Crippen LogP contribution in [0, 0.1) is 10.1 Å². The fourth-order valence-corrected chi connectivity index (χ4v) is 3.09. The van der Waals surface area contributed by atoms with Crippen LogP contribution < -0.4 is 0 Å². The molecule has 8 nitrogen and oxygen atoms in total. The molecule has 0 spiro atoms. The van der Waals surface area contributed by atoms with Crippen LogP contribution >= 0.6 is 0 Å². The van der Waals surface area contributed by atoms with E-state index in [1.54, 1.807) is 12.1 Å². The van der Waals surface area contributed by atoms with Crippen LogP contribution in [0.25, 0.3) is 11.4 Å². The monoisotopic (exact) mass is 332 g/mol. The lowest BCUT2D eigenvalue weighted by Crippen LogP contribution is -2.39. The SMILES string of the molecule is O=[N+]([O-])c1ccc(-c2noc(CN3CCCCC3CCO)n2)cc1. The molecular formula is C16H20N4O4. The van der Waals surface area contributed by atoms with Gasteiger partial charge in [0.25, 0.3) is 5.69 Å². The lowest BCUT2D eigenvalue weighted by molar-refractivity contribution is -0.384. The van der Waals surface area contributed by atoms with Crippen molar-refractivity contribution in [3.05, 3.63) is 40.3 Å². The van der Waals surface area contributed by atoms with Crippen molar-refractivity contribution in [1.29, 1.82) is 0 Å². The molecule has 1 aliphatic rings. The number of rotatable bonds is 6. The van der Waals surface area contributed by atoms with E-state index < -0.39 is 4.92 Å². The molecule has 1 aromatic carbocycles. The molecule has 1 N–H and O–H groups in total. The highest BCUT2D eigenvalue weighted by Gasteiger charge is 2.24. The maximum absolute atomic E-state index is 10.7. The average Bonchev–Trinajstić information content (AvgIpc) is 3.05. The molecule has 2 heterocycles. The second-order valence-corrected chi connectivity index (χ2v) is 5.95. The number of nitro groups is 1. The number of aliphatic hydroxyl groups excluding tert-OH is 1. The summed E-state index contributed by atoms with van der Waals surface area (Å²) in [6, 6.07) is 6.42. The summed E-state index contributed by atoms with van der Waals surface area (Å²) in [5.74, 6) is 0.948. The van der Waals surface area contributed by atoms with Crippen molar-refractivity contribution in [2.24, 2.45) is 0 Å². The molecular weight excluding hydrogens is 312 g/mol. The Hall–Kier alpha value is -2.32. The minimum atomic E-state index is -0.441. The van der Waals surface area contributed by atoms with Gasteiger partial charge in [-0.15, -0.1) is 0 Å². The third-order valence-electron chi connectivity index (χ3n) is 4.35. The molecule has 1 saturated heterocycles. The number of benzene rings is 1. The van der Waals surface area contributed by atoms with Gasteiger partial charge in [0, 0.05) is 30.3 Å². The van der Waals surface area contributed by atoms with Crippen molar-refractivity contribution in [3.8, 4) is 11.4 Å². The van der Waals surface area contributed by atoms with Gasteiger partial charge in [0.05, 0.1) is 11.5 Å². The number of nitro benzene ring substituents is 1. The maximum Gasteiger partial charge on any atom is 0.269 e. The van der Waals surface area contributed by atoms with E-state index in [1.807, 2.05) is 0 Å². The summed E-state index contributed by atoms with van der Waals surface area (Å²) in [6.45, 7) is 1.70. The predicted octanol–water partition coefficient (Wildman–Crippen LogP) is 2.38. The van der Waals surface area contributed by atoms with Crippen LogP contribution in [-0.2, 0) is 6.54 Å². The molecule has 8 heteroatoms. The number of hydrogen-bond donors (Lipinski definition) is 1. The van der Waals surface area contributed by atoms with Crippen LogP contribution in [0.4, 0.5) is 5.69 Å². The second-order valence-electron chi connectivity index (χ2n) is 5.95. The summed E-state index contributed by atoms with van der Waals surface area (Å²) in [6.07, 6.45) is 4.14. The van der Waals surface area contributed by atoms with Gasteiger partial charge in [0.1, 0.15) is 0 Å². The Morgan fingerprint density at radius 2 is 2.12 bits per heavy atom. The molecule has 1 aliphatic heterocycles. The Balaban J connectivity index is 1.69. The van der Waals surface area contributed by atoms with E-state index in [9.17, 15) is 15.2 Å².